The van der Waals surface area contributed by atoms with E-state index in [1.54, 1.807) is 0 Å². The van der Waals surface area contributed by atoms with Crippen molar-refractivity contribution in [2.45, 2.75) is 124 Å². The first-order valence-electron chi connectivity index (χ1n) is 14.6. The molecule has 7 nitrogen and oxygen atoms in total. The average molecular weight is 539 g/mol. The van der Waals surface area contributed by atoms with Crippen molar-refractivity contribution < 1.29 is 33.7 Å². The van der Waals surface area contributed by atoms with Crippen molar-refractivity contribution in [3.63, 3.8) is 0 Å². The molecular formula is C31H54O7. The molecule has 0 rings (SSSR count). The molecule has 0 unspecified atom stereocenters. The molecule has 7 heteroatoms. The smallest absolute Gasteiger partial charge is 0.333 e. The van der Waals surface area contributed by atoms with Gasteiger partial charge in [-0.25, -0.2) is 9.59 Å². The van der Waals surface area contributed by atoms with Gasteiger partial charge in [-0.3, -0.25) is 4.79 Å². The van der Waals surface area contributed by atoms with Crippen LogP contribution in [-0.2, 0) is 28.6 Å². The molecule has 0 aliphatic heterocycles. The molecule has 0 bridgehead atoms. The third-order valence-corrected chi connectivity index (χ3v) is 6.58. The lowest BCUT2D eigenvalue weighted by Crippen LogP contribution is -2.42. The molecule has 0 aromatic heterocycles. The zero-order valence-corrected chi connectivity index (χ0v) is 24.5. The van der Waals surface area contributed by atoms with E-state index in [1.165, 1.54) is 90.9 Å². The highest BCUT2D eigenvalue weighted by molar-refractivity contribution is 5.87. The molecule has 0 atom stereocenters. The summed E-state index contributed by atoms with van der Waals surface area (Å²) in [6.45, 7) is 11.0. The molecule has 0 aliphatic rings. The fourth-order valence-electron chi connectivity index (χ4n) is 3.89. The van der Waals surface area contributed by atoms with Gasteiger partial charge in [-0.05, 0) is 20.3 Å². The maximum absolute atomic E-state index is 12.3. The van der Waals surface area contributed by atoms with E-state index < -0.39 is 29.9 Å². The highest BCUT2D eigenvalue weighted by atomic mass is 16.6. The van der Waals surface area contributed by atoms with Crippen LogP contribution in [0.15, 0.2) is 24.3 Å². The van der Waals surface area contributed by atoms with Crippen LogP contribution < -0.4 is 0 Å². The molecule has 0 radical (unpaired) electrons. The number of rotatable bonds is 25. The molecule has 1 N–H and O–H groups in total. The Balaban J connectivity index is 4.14. The average Bonchev–Trinajstić information content (AvgIpc) is 2.90. The van der Waals surface area contributed by atoms with Gasteiger partial charge in [0.25, 0.3) is 0 Å². The van der Waals surface area contributed by atoms with Gasteiger partial charge in [0.05, 0.1) is 12.0 Å². The molecule has 0 saturated heterocycles. The van der Waals surface area contributed by atoms with Crippen LogP contribution in [-0.4, -0.2) is 49.4 Å². The second-order valence-electron chi connectivity index (χ2n) is 10.7. The molecule has 0 heterocycles. The van der Waals surface area contributed by atoms with E-state index in [0.717, 1.165) is 19.3 Å². The van der Waals surface area contributed by atoms with Crippen LogP contribution in [0.25, 0.3) is 0 Å². The Bertz CT molecular complexity index is 668. The number of carbonyl (C=O) groups is 3. The maximum Gasteiger partial charge on any atom is 0.333 e. The first kappa shape index (κ1) is 35.9. The molecule has 220 valence electrons. The SMILES string of the molecule is C=C(C)C(=O)OCC(CO)(COC(=O)CCCCCCCCCCCCCCCCC)COC(=O)C(=C)C. The summed E-state index contributed by atoms with van der Waals surface area (Å²) in [4.78, 5) is 35.9. The summed E-state index contributed by atoms with van der Waals surface area (Å²) in [6.07, 6.45) is 19.0. The lowest BCUT2D eigenvalue weighted by atomic mass is 9.92. The summed E-state index contributed by atoms with van der Waals surface area (Å²) in [6, 6.07) is 0. The number of esters is 3. The number of hydrogen-bond acceptors (Lipinski definition) is 7. The minimum atomic E-state index is -1.26. The van der Waals surface area contributed by atoms with Crippen molar-refractivity contribution in [1.29, 1.82) is 0 Å². The largest absolute Gasteiger partial charge is 0.465 e. The van der Waals surface area contributed by atoms with Crippen molar-refractivity contribution in [1.82, 2.24) is 0 Å². The Morgan fingerprint density at radius 3 is 1.29 bits per heavy atom. The summed E-state index contributed by atoms with van der Waals surface area (Å²) < 4.78 is 15.7. The topological polar surface area (TPSA) is 99.1 Å². The Labute approximate surface area is 231 Å². The van der Waals surface area contributed by atoms with Crippen molar-refractivity contribution in [2.75, 3.05) is 26.4 Å². The summed E-state index contributed by atoms with van der Waals surface area (Å²) >= 11 is 0. The monoisotopic (exact) mass is 538 g/mol. The quantitative estimate of drug-likeness (QED) is 0.0577. The van der Waals surface area contributed by atoms with E-state index in [0.29, 0.717) is 0 Å². The van der Waals surface area contributed by atoms with E-state index in [-0.39, 0.29) is 37.4 Å². The van der Waals surface area contributed by atoms with Crippen LogP contribution in [0, 0.1) is 5.41 Å². The van der Waals surface area contributed by atoms with Crippen LogP contribution in [0.1, 0.15) is 124 Å². The minimum Gasteiger partial charge on any atom is -0.465 e. The van der Waals surface area contributed by atoms with Crippen molar-refractivity contribution in [3.8, 4) is 0 Å². The Morgan fingerprint density at radius 1 is 0.605 bits per heavy atom. The van der Waals surface area contributed by atoms with E-state index in [2.05, 4.69) is 20.1 Å². The molecule has 0 fully saturated rings. The Morgan fingerprint density at radius 2 is 0.947 bits per heavy atom. The van der Waals surface area contributed by atoms with E-state index in [9.17, 15) is 19.5 Å². The Kier molecular flexibility index (Phi) is 21.5. The van der Waals surface area contributed by atoms with Crippen LogP contribution in [0.2, 0.25) is 0 Å². The summed E-state index contributed by atoms with van der Waals surface area (Å²) in [5, 5.41) is 9.99. The highest BCUT2D eigenvalue weighted by Gasteiger charge is 2.35. The zero-order chi connectivity index (χ0) is 28.7. The Hall–Kier alpha value is -2.15. The number of ether oxygens (including phenoxy) is 3. The van der Waals surface area contributed by atoms with Crippen LogP contribution in [0.4, 0.5) is 0 Å². The first-order valence-corrected chi connectivity index (χ1v) is 14.6. The van der Waals surface area contributed by atoms with Crippen LogP contribution >= 0.6 is 0 Å². The zero-order valence-electron chi connectivity index (χ0n) is 24.5. The van der Waals surface area contributed by atoms with Crippen LogP contribution in [0.5, 0.6) is 0 Å². The second-order valence-corrected chi connectivity index (χ2v) is 10.7. The standard InChI is InChI=1S/C31H54O7/c1-6-7-8-9-10-11-12-13-14-15-16-17-18-19-20-21-28(33)36-23-31(22-32,24-37-29(34)26(2)3)25-38-30(35)27(4)5/h32H,2,4,6-25H2,1,3,5H3. The van der Waals surface area contributed by atoms with E-state index >= 15 is 0 Å². The van der Waals surface area contributed by atoms with Gasteiger partial charge in [0.15, 0.2) is 0 Å². The second kappa shape index (κ2) is 22.8. The third kappa shape index (κ3) is 19.0. The minimum absolute atomic E-state index is 0.195. The van der Waals surface area contributed by atoms with Gasteiger partial charge in [0, 0.05) is 17.6 Å². The fourth-order valence-corrected chi connectivity index (χ4v) is 3.89. The molecule has 0 aromatic carbocycles. The number of hydrogen-bond donors (Lipinski definition) is 1. The predicted octanol–water partition coefficient (Wildman–Crippen LogP) is 7.01. The molecule has 0 spiro atoms. The summed E-state index contributed by atoms with van der Waals surface area (Å²) in [5.41, 5.74) is -0.872. The fraction of sp³-hybridized carbons (Fsp3) is 0.774. The molecule has 0 saturated carbocycles. The summed E-state index contributed by atoms with van der Waals surface area (Å²) in [7, 11) is 0. The van der Waals surface area contributed by atoms with E-state index in [4.69, 9.17) is 14.2 Å². The molecule has 0 amide bonds. The molecule has 0 aliphatic carbocycles. The molecular weight excluding hydrogens is 484 g/mol. The predicted molar refractivity (Wildman–Crippen MR) is 152 cm³/mol. The van der Waals surface area contributed by atoms with Crippen molar-refractivity contribution in [3.05, 3.63) is 24.3 Å². The van der Waals surface area contributed by atoms with E-state index in [1.807, 2.05) is 0 Å². The normalized spacial score (nSPS) is 11.2. The van der Waals surface area contributed by atoms with Gasteiger partial charge in [-0.2, -0.15) is 0 Å². The number of carbonyl (C=O) groups excluding carboxylic acids is 3. The lowest BCUT2D eigenvalue weighted by molar-refractivity contribution is -0.162. The lowest BCUT2D eigenvalue weighted by Gasteiger charge is -2.30. The first-order chi connectivity index (χ1) is 18.2. The van der Waals surface area contributed by atoms with Gasteiger partial charge in [0.2, 0.25) is 0 Å². The maximum atomic E-state index is 12.3. The van der Waals surface area contributed by atoms with Gasteiger partial charge in [0.1, 0.15) is 19.8 Å². The summed E-state index contributed by atoms with van der Waals surface area (Å²) in [5.74, 6) is -1.67. The molecule has 0 aromatic rings. The van der Waals surface area contributed by atoms with Gasteiger partial charge >= 0.3 is 17.9 Å². The number of aliphatic hydroxyl groups is 1. The number of unbranched alkanes of at least 4 members (excludes halogenated alkanes) is 14. The number of aliphatic hydroxyl groups excluding tert-OH is 1. The third-order valence-electron chi connectivity index (χ3n) is 6.58. The van der Waals surface area contributed by atoms with Crippen molar-refractivity contribution in [2.24, 2.45) is 5.41 Å². The van der Waals surface area contributed by atoms with Gasteiger partial charge in [-0.15, -0.1) is 0 Å². The van der Waals surface area contributed by atoms with Crippen LogP contribution in [0.3, 0.4) is 0 Å². The molecule has 38 heavy (non-hydrogen) atoms. The van der Waals surface area contributed by atoms with Gasteiger partial charge in [-0.1, -0.05) is 110 Å². The highest BCUT2D eigenvalue weighted by Crippen LogP contribution is 2.21. The van der Waals surface area contributed by atoms with Gasteiger partial charge < -0.3 is 19.3 Å². The van der Waals surface area contributed by atoms with Crippen molar-refractivity contribution >= 4 is 17.9 Å².